The standard InChI is InChI=1S/C15H17ClN2O/c1-3-17-9-11(2)10-19-14-7-6-13(16)12-5-4-8-18-15(12)14/h4-8,17H,2-3,9-10H2,1H3. The van der Waals surface area contributed by atoms with Gasteiger partial charge < -0.3 is 10.1 Å². The number of ether oxygens (including phenoxy) is 1. The first-order valence-corrected chi connectivity index (χ1v) is 6.63. The highest BCUT2D eigenvalue weighted by atomic mass is 35.5. The number of likely N-dealkylation sites (N-methyl/N-ethyl adjacent to an activating group) is 1. The normalized spacial score (nSPS) is 10.6. The number of nitrogens with zero attached hydrogens (tertiary/aromatic N) is 1. The molecule has 0 spiro atoms. The smallest absolute Gasteiger partial charge is 0.146 e. The first kappa shape index (κ1) is 13.8. The van der Waals surface area contributed by atoms with E-state index >= 15 is 0 Å². The number of pyridine rings is 1. The summed E-state index contributed by atoms with van der Waals surface area (Å²) in [6.07, 6.45) is 1.74. The van der Waals surface area contributed by atoms with Crippen LogP contribution in [0.4, 0.5) is 0 Å². The van der Waals surface area contributed by atoms with Crippen molar-refractivity contribution in [2.24, 2.45) is 0 Å². The first-order valence-electron chi connectivity index (χ1n) is 6.25. The van der Waals surface area contributed by atoms with Gasteiger partial charge in [0.2, 0.25) is 0 Å². The second-order valence-corrected chi connectivity index (χ2v) is 4.67. The third-order valence-corrected chi connectivity index (χ3v) is 3.07. The topological polar surface area (TPSA) is 34.1 Å². The monoisotopic (exact) mass is 276 g/mol. The average molecular weight is 277 g/mol. The van der Waals surface area contributed by atoms with Crippen LogP contribution in [0.3, 0.4) is 0 Å². The number of benzene rings is 1. The summed E-state index contributed by atoms with van der Waals surface area (Å²) in [6, 6.07) is 7.47. The van der Waals surface area contributed by atoms with Crippen LogP contribution in [-0.2, 0) is 0 Å². The van der Waals surface area contributed by atoms with E-state index < -0.39 is 0 Å². The number of aromatic nitrogens is 1. The molecule has 0 radical (unpaired) electrons. The summed E-state index contributed by atoms with van der Waals surface area (Å²) < 4.78 is 5.77. The zero-order valence-electron chi connectivity index (χ0n) is 10.9. The molecule has 3 nitrogen and oxygen atoms in total. The minimum atomic E-state index is 0.473. The van der Waals surface area contributed by atoms with Crippen LogP contribution in [0.5, 0.6) is 5.75 Å². The van der Waals surface area contributed by atoms with E-state index in [-0.39, 0.29) is 0 Å². The number of fused-ring (bicyclic) bond motifs is 1. The second kappa shape index (κ2) is 6.55. The molecule has 0 aliphatic carbocycles. The fourth-order valence-corrected chi connectivity index (χ4v) is 1.98. The van der Waals surface area contributed by atoms with Crippen molar-refractivity contribution in [2.45, 2.75) is 6.92 Å². The molecule has 0 aliphatic heterocycles. The van der Waals surface area contributed by atoms with Crippen LogP contribution in [0.25, 0.3) is 10.9 Å². The lowest BCUT2D eigenvalue weighted by atomic mass is 10.2. The van der Waals surface area contributed by atoms with Gasteiger partial charge in [-0.15, -0.1) is 0 Å². The molecule has 100 valence electrons. The van der Waals surface area contributed by atoms with Gasteiger partial charge in [0.05, 0.1) is 5.02 Å². The summed E-state index contributed by atoms with van der Waals surface area (Å²) in [5.41, 5.74) is 1.78. The van der Waals surface area contributed by atoms with E-state index in [1.54, 1.807) is 6.20 Å². The predicted octanol–water partition coefficient (Wildman–Crippen LogP) is 3.43. The third kappa shape index (κ3) is 3.46. The molecular weight excluding hydrogens is 260 g/mol. The zero-order valence-corrected chi connectivity index (χ0v) is 11.7. The average Bonchev–Trinajstić information content (AvgIpc) is 2.45. The summed E-state index contributed by atoms with van der Waals surface area (Å²) in [5.74, 6) is 0.734. The van der Waals surface area contributed by atoms with Gasteiger partial charge in [0.15, 0.2) is 0 Å². The van der Waals surface area contributed by atoms with E-state index in [9.17, 15) is 0 Å². The van der Waals surface area contributed by atoms with Crippen LogP contribution < -0.4 is 10.1 Å². The fraction of sp³-hybridized carbons (Fsp3) is 0.267. The molecule has 0 aliphatic rings. The Labute approximate surface area is 118 Å². The molecule has 2 aromatic rings. The fourth-order valence-electron chi connectivity index (χ4n) is 1.76. The highest BCUT2D eigenvalue weighted by molar-refractivity contribution is 6.35. The van der Waals surface area contributed by atoms with Gasteiger partial charge >= 0.3 is 0 Å². The number of nitrogens with one attached hydrogen (secondary N) is 1. The summed E-state index contributed by atoms with van der Waals surface area (Å²) in [7, 11) is 0. The lowest BCUT2D eigenvalue weighted by Gasteiger charge is -2.11. The van der Waals surface area contributed by atoms with Crippen molar-refractivity contribution >= 4 is 22.5 Å². The van der Waals surface area contributed by atoms with Crippen molar-refractivity contribution in [3.8, 4) is 5.75 Å². The Morgan fingerprint density at radius 3 is 3.05 bits per heavy atom. The van der Waals surface area contributed by atoms with Crippen molar-refractivity contribution in [3.63, 3.8) is 0 Å². The van der Waals surface area contributed by atoms with Gasteiger partial charge in [0.1, 0.15) is 17.9 Å². The van der Waals surface area contributed by atoms with E-state index in [2.05, 4.69) is 23.8 Å². The maximum absolute atomic E-state index is 6.14. The molecule has 1 heterocycles. The van der Waals surface area contributed by atoms with Gasteiger partial charge in [-0.2, -0.15) is 0 Å². The van der Waals surface area contributed by atoms with Crippen molar-refractivity contribution in [3.05, 3.63) is 47.6 Å². The van der Waals surface area contributed by atoms with Crippen molar-refractivity contribution in [1.29, 1.82) is 0 Å². The Morgan fingerprint density at radius 1 is 1.42 bits per heavy atom. The van der Waals surface area contributed by atoms with E-state index in [0.717, 1.165) is 35.3 Å². The van der Waals surface area contributed by atoms with Crippen LogP contribution in [0.15, 0.2) is 42.6 Å². The molecule has 0 unspecified atom stereocenters. The molecule has 1 N–H and O–H groups in total. The molecule has 0 bridgehead atoms. The van der Waals surface area contributed by atoms with E-state index in [1.165, 1.54) is 0 Å². The quantitative estimate of drug-likeness (QED) is 0.821. The number of rotatable bonds is 6. The summed E-state index contributed by atoms with van der Waals surface area (Å²) >= 11 is 6.14. The van der Waals surface area contributed by atoms with Gasteiger partial charge in [-0.25, -0.2) is 0 Å². The number of hydrogen-bond donors (Lipinski definition) is 1. The Kier molecular flexibility index (Phi) is 4.77. The molecule has 0 amide bonds. The van der Waals surface area contributed by atoms with Gasteiger partial charge in [-0.1, -0.05) is 25.1 Å². The maximum Gasteiger partial charge on any atom is 0.146 e. The van der Waals surface area contributed by atoms with E-state index in [0.29, 0.717) is 11.6 Å². The molecule has 2 rings (SSSR count). The highest BCUT2D eigenvalue weighted by Crippen LogP contribution is 2.29. The van der Waals surface area contributed by atoms with Crippen molar-refractivity contribution in [1.82, 2.24) is 10.3 Å². The molecule has 0 fully saturated rings. The van der Waals surface area contributed by atoms with Gasteiger partial charge in [-0.05, 0) is 36.4 Å². The SMILES string of the molecule is C=C(CNCC)COc1ccc(Cl)c2cccnc12. The van der Waals surface area contributed by atoms with E-state index in [4.69, 9.17) is 16.3 Å². The Balaban J connectivity index is 2.13. The molecular formula is C15H17ClN2O. The summed E-state index contributed by atoms with van der Waals surface area (Å²) in [6.45, 7) is 8.18. The lowest BCUT2D eigenvalue weighted by Crippen LogP contribution is -2.18. The van der Waals surface area contributed by atoms with E-state index in [1.807, 2.05) is 24.3 Å². The van der Waals surface area contributed by atoms with Crippen LogP contribution >= 0.6 is 11.6 Å². The second-order valence-electron chi connectivity index (χ2n) is 4.26. The van der Waals surface area contributed by atoms with Gasteiger partial charge in [0, 0.05) is 18.1 Å². The third-order valence-electron chi connectivity index (χ3n) is 2.74. The summed E-state index contributed by atoms with van der Waals surface area (Å²) in [5, 5.41) is 4.80. The Morgan fingerprint density at radius 2 is 2.26 bits per heavy atom. The van der Waals surface area contributed by atoms with Gasteiger partial charge in [0.25, 0.3) is 0 Å². The molecule has 0 atom stereocenters. The minimum Gasteiger partial charge on any atom is -0.487 e. The van der Waals surface area contributed by atoms with Crippen molar-refractivity contribution in [2.75, 3.05) is 19.7 Å². The maximum atomic E-state index is 6.14. The van der Waals surface area contributed by atoms with Gasteiger partial charge in [-0.3, -0.25) is 4.98 Å². The number of hydrogen-bond acceptors (Lipinski definition) is 3. The van der Waals surface area contributed by atoms with Crippen molar-refractivity contribution < 1.29 is 4.74 Å². The zero-order chi connectivity index (χ0) is 13.7. The highest BCUT2D eigenvalue weighted by Gasteiger charge is 2.07. The lowest BCUT2D eigenvalue weighted by molar-refractivity contribution is 0.352. The molecule has 0 saturated carbocycles. The molecule has 1 aromatic carbocycles. The Hall–Kier alpha value is -1.58. The molecule has 1 aromatic heterocycles. The Bertz CT molecular complexity index is 583. The van der Waals surface area contributed by atoms with Crippen LogP contribution in [-0.4, -0.2) is 24.7 Å². The minimum absolute atomic E-state index is 0.473. The van der Waals surface area contributed by atoms with Crippen LogP contribution in [0.2, 0.25) is 5.02 Å². The first-order chi connectivity index (χ1) is 9.22. The molecule has 0 saturated heterocycles. The largest absolute Gasteiger partial charge is 0.487 e. The summed E-state index contributed by atoms with van der Waals surface area (Å²) in [4.78, 5) is 4.33. The predicted molar refractivity (Wildman–Crippen MR) is 79.9 cm³/mol. The molecule has 19 heavy (non-hydrogen) atoms. The van der Waals surface area contributed by atoms with Crippen LogP contribution in [0.1, 0.15) is 6.92 Å². The van der Waals surface area contributed by atoms with Crippen LogP contribution in [0, 0.1) is 0 Å². The molecule has 4 heteroatoms. The number of halogens is 1.